The Hall–Kier alpha value is 0.137. The second-order valence-corrected chi connectivity index (χ2v) is 12.7. The maximum absolute atomic E-state index is 6.15. The van der Waals surface area contributed by atoms with Crippen LogP contribution in [0, 0.1) is 5.41 Å². The third-order valence-electron chi connectivity index (χ3n) is 4.40. The Morgan fingerprint density at radius 2 is 1.42 bits per heavy atom. The molecule has 0 aromatic heterocycles. The van der Waals surface area contributed by atoms with Gasteiger partial charge in [-0.15, -0.1) is 0 Å². The Kier molecular flexibility index (Phi) is 7.85. The molecule has 0 aliphatic carbocycles. The van der Waals surface area contributed by atoms with Crippen molar-refractivity contribution in [2.45, 2.75) is 78.9 Å². The SMILES string of the molecule is CCC(C)(C)COCCCCO[Si](C)(C)C(C)(C)C. The molecule has 2 nitrogen and oxygen atoms in total. The molecule has 116 valence electrons. The summed E-state index contributed by atoms with van der Waals surface area (Å²) in [5.74, 6) is 0. The van der Waals surface area contributed by atoms with Gasteiger partial charge in [-0.25, -0.2) is 0 Å². The van der Waals surface area contributed by atoms with E-state index in [1.165, 1.54) is 6.42 Å². The second kappa shape index (κ2) is 7.80. The van der Waals surface area contributed by atoms with Gasteiger partial charge in [0.15, 0.2) is 8.32 Å². The number of unbranched alkanes of at least 4 members (excludes halogenated alkanes) is 1. The van der Waals surface area contributed by atoms with Crippen LogP contribution in [0.25, 0.3) is 0 Å². The van der Waals surface area contributed by atoms with Crippen molar-refractivity contribution in [3.8, 4) is 0 Å². The molecule has 0 aromatic carbocycles. The topological polar surface area (TPSA) is 18.5 Å². The van der Waals surface area contributed by atoms with Gasteiger partial charge in [0.05, 0.1) is 6.61 Å². The van der Waals surface area contributed by atoms with Gasteiger partial charge in [0, 0.05) is 13.2 Å². The number of hydrogen-bond acceptors (Lipinski definition) is 2. The van der Waals surface area contributed by atoms with Gasteiger partial charge in [0.25, 0.3) is 0 Å². The Balaban J connectivity index is 3.62. The Labute approximate surface area is 122 Å². The van der Waals surface area contributed by atoms with E-state index < -0.39 is 8.32 Å². The van der Waals surface area contributed by atoms with Gasteiger partial charge < -0.3 is 9.16 Å². The fourth-order valence-electron chi connectivity index (χ4n) is 1.30. The van der Waals surface area contributed by atoms with Crippen LogP contribution in [0.5, 0.6) is 0 Å². The first-order valence-corrected chi connectivity index (χ1v) is 10.6. The molecule has 0 heterocycles. The third kappa shape index (κ3) is 8.11. The van der Waals surface area contributed by atoms with Crippen LogP contribution in [0.4, 0.5) is 0 Å². The van der Waals surface area contributed by atoms with Crippen LogP contribution in [0.15, 0.2) is 0 Å². The summed E-state index contributed by atoms with van der Waals surface area (Å²) in [5.41, 5.74) is 0.317. The lowest BCUT2D eigenvalue weighted by Crippen LogP contribution is -2.41. The summed E-state index contributed by atoms with van der Waals surface area (Å²) in [6.07, 6.45) is 3.38. The molecule has 0 amide bonds. The molecule has 0 aromatic rings. The standard InChI is InChI=1S/C16H36O2Si/c1-9-16(5,6)14-17-12-10-11-13-18-19(7,8)15(2,3)4/h9-14H2,1-8H3. The van der Waals surface area contributed by atoms with Crippen LogP contribution < -0.4 is 0 Å². The predicted molar refractivity (Wildman–Crippen MR) is 87.3 cm³/mol. The zero-order chi connectivity index (χ0) is 15.2. The molecule has 0 aliphatic heterocycles. The lowest BCUT2D eigenvalue weighted by molar-refractivity contribution is 0.0564. The first kappa shape index (κ1) is 19.1. The zero-order valence-electron chi connectivity index (χ0n) is 14.6. The van der Waals surface area contributed by atoms with E-state index >= 15 is 0 Å². The fraction of sp³-hybridized carbons (Fsp3) is 1.00. The molecule has 0 N–H and O–H groups in total. The van der Waals surface area contributed by atoms with Crippen molar-refractivity contribution >= 4 is 8.32 Å². The average molecular weight is 289 g/mol. The lowest BCUT2D eigenvalue weighted by atomic mass is 9.92. The average Bonchev–Trinajstić information content (AvgIpc) is 2.26. The molecular formula is C16H36O2Si. The largest absolute Gasteiger partial charge is 0.417 e. The smallest absolute Gasteiger partial charge is 0.191 e. The van der Waals surface area contributed by atoms with E-state index in [4.69, 9.17) is 9.16 Å². The highest BCUT2D eigenvalue weighted by Crippen LogP contribution is 2.36. The highest BCUT2D eigenvalue weighted by Gasteiger charge is 2.36. The van der Waals surface area contributed by atoms with Crippen LogP contribution in [0.3, 0.4) is 0 Å². The monoisotopic (exact) mass is 288 g/mol. The summed E-state index contributed by atoms with van der Waals surface area (Å²) in [7, 11) is -1.55. The molecule has 0 unspecified atom stereocenters. The summed E-state index contributed by atoms with van der Waals surface area (Å²) in [6, 6.07) is 0. The van der Waals surface area contributed by atoms with Crippen molar-refractivity contribution in [3.63, 3.8) is 0 Å². The zero-order valence-corrected chi connectivity index (χ0v) is 15.6. The maximum atomic E-state index is 6.15. The predicted octanol–water partition coefficient (Wildman–Crippen LogP) is 5.24. The number of ether oxygens (including phenoxy) is 1. The molecule has 0 spiro atoms. The van der Waals surface area contributed by atoms with E-state index in [-0.39, 0.29) is 0 Å². The van der Waals surface area contributed by atoms with Crippen LogP contribution in [0.2, 0.25) is 18.1 Å². The van der Waals surface area contributed by atoms with Crippen LogP contribution in [0.1, 0.15) is 60.8 Å². The summed E-state index contributed by atoms with van der Waals surface area (Å²) < 4.78 is 11.9. The third-order valence-corrected chi connectivity index (χ3v) is 8.94. The van der Waals surface area contributed by atoms with Crippen molar-refractivity contribution in [2.24, 2.45) is 5.41 Å². The molecule has 19 heavy (non-hydrogen) atoms. The Bertz CT molecular complexity index is 242. The van der Waals surface area contributed by atoms with Gasteiger partial charge in [0.2, 0.25) is 0 Å². The van der Waals surface area contributed by atoms with Gasteiger partial charge in [-0.3, -0.25) is 0 Å². The number of rotatable bonds is 9. The molecule has 0 saturated carbocycles. The van der Waals surface area contributed by atoms with Gasteiger partial charge in [-0.1, -0.05) is 41.5 Å². The maximum Gasteiger partial charge on any atom is 0.191 e. The van der Waals surface area contributed by atoms with Gasteiger partial charge in [-0.2, -0.15) is 0 Å². The van der Waals surface area contributed by atoms with Crippen molar-refractivity contribution in [1.29, 1.82) is 0 Å². The molecule has 0 fully saturated rings. The Morgan fingerprint density at radius 1 is 0.895 bits per heavy atom. The minimum atomic E-state index is -1.55. The molecule has 0 aliphatic rings. The van der Waals surface area contributed by atoms with Crippen molar-refractivity contribution < 1.29 is 9.16 Å². The molecule has 0 bridgehead atoms. The van der Waals surface area contributed by atoms with Crippen molar-refractivity contribution in [2.75, 3.05) is 19.8 Å². The summed E-state index contributed by atoms with van der Waals surface area (Å²) in [5, 5.41) is 0.314. The second-order valence-electron chi connectivity index (χ2n) is 7.89. The molecule has 0 rings (SSSR count). The van der Waals surface area contributed by atoms with E-state index in [0.29, 0.717) is 10.5 Å². The fourth-order valence-corrected chi connectivity index (χ4v) is 2.39. The molecule has 0 saturated heterocycles. The summed E-state index contributed by atoms with van der Waals surface area (Å²) >= 11 is 0. The minimum Gasteiger partial charge on any atom is -0.417 e. The molecule has 3 heteroatoms. The first-order valence-electron chi connectivity index (χ1n) is 7.73. The lowest BCUT2D eigenvalue weighted by Gasteiger charge is -2.36. The van der Waals surface area contributed by atoms with Crippen LogP contribution in [-0.4, -0.2) is 28.1 Å². The van der Waals surface area contributed by atoms with Crippen LogP contribution >= 0.6 is 0 Å². The Morgan fingerprint density at radius 3 is 1.89 bits per heavy atom. The molecule has 0 atom stereocenters. The van der Waals surface area contributed by atoms with E-state index in [1.807, 2.05) is 0 Å². The summed E-state index contributed by atoms with van der Waals surface area (Å²) in [6.45, 7) is 20.8. The quantitative estimate of drug-likeness (QED) is 0.426. The number of hydrogen-bond donors (Lipinski definition) is 0. The van der Waals surface area contributed by atoms with Gasteiger partial charge >= 0.3 is 0 Å². The normalized spacial score (nSPS) is 13.9. The molecule has 0 radical (unpaired) electrons. The van der Waals surface area contributed by atoms with Gasteiger partial charge in [0.1, 0.15) is 0 Å². The highest BCUT2D eigenvalue weighted by atomic mass is 28.4. The van der Waals surface area contributed by atoms with E-state index in [2.05, 4.69) is 54.6 Å². The minimum absolute atomic E-state index is 0.314. The van der Waals surface area contributed by atoms with E-state index in [9.17, 15) is 0 Å². The van der Waals surface area contributed by atoms with E-state index in [0.717, 1.165) is 32.7 Å². The van der Waals surface area contributed by atoms with Crippen molar-refractivity contribution in [3.05, 3.63) is 0 Å². The molecular weight excluding hydrogens is 252 g/mol. The van der Waals surface area contributed by atoms with Crippen LogP contribution in [-0.2, 0) is 9.16 Å². The highest BCUT2D eigenvalue weighted by molar-refractivity contribution is 6.74. The van der Waals surface area contributed by atoms with E-state index in [1.54, 1.807) is 0 Å². The summed E-state index contributed by atoms with van der Waals surface area (Å²) in [4.78, 5) is 0. The first-order chi connectivity index (χ1) is 8.52. The van der Waals surface area contributed by atoms with Crippen molar-refractivity contribution in [1.82, 2.24) is 0 Å². The van der Waals surface area contributed by atoms with Gasteiger partial charge in [-0.05, 0) is 42.8 Å².